The lowest BCUT2D eigenvalue weighted by molar-refractivity contribution is 0.479. The van der Waals surface area contributed by atoms with E-state index in [0.717, 1.165) is 15.0 Å². The molecule has 0 saturated heterocycles. The second-order valence-electron chi connectivity index (χ2n) is 2.80. The molecule has 4 heteroatoms. The van der Waals surface area contributed by atoms with Gasteiger partial charge in [0.25, 0.3) is 0 Å². The number of fused-ring (bicyclic) bond motifs is 1. The summed E-state index contributed by atoms with van der Waals surface area (Å²) < 4.78 is 1.06. The first-order valence-corrected chi connectivity index (χ1v) is 5.12. The molecule has 1 heterocycles. The van der Waals surface area contributed by atoms with Crippen molar-refractivity contribution in [2.24, 2.45) is 0 Å². The average molecular weight is 214 g/mol. The SMILES string of the molecule is Nc1cc2sc(CCl)cc2cc1O. The number of aromatic hydroxyl groups is 1. The van der Waals surface area contributed by atoms with Crippen molar-refractivity contribution < 1.29 is 5.11 Å². The van der Waals surface area contributed by atoms with Gasteiger partial charge in [0.2, 0.25) is 0 Å². The maximum Gasteiger partial charge on any atom is 0.139 e. The van der Waals surface area contributed by atoms with Gasteiger partial charge in [0.1, 0.15) is 5.75 Å². The summed E-state index contributed by atoms with van der Waals surface area (Å²) in [6.45, 7) is 0. The molecular formula is C9H8ClNOS. The van der Waals surface area contributed by atoms with Gasteiger partial charge in [0, 0.05) is 9.58 Å². The maximum atomic E-state index is 9.35. The summed E-state index contributed by atoms with van der Waals surface area (Å²) >= 11 is 7.29. The number of thiophene rings is 1. The highest BCUT2D eigenvalue weighted by molar-refractivity contribution is 7.19. The monoisotopic (exact) mass is 213 g/mol. The van der Waals surface area contributed by atoms with Crippen LogP contribution in [0.3, 0.4) is 0 Å². The van der Waals surface area contributed by atoms with Gasteiger partial charge >= 0.3 is 0 Å². The van der Waals surface area contributed by atoms with E-state index in [1.54, 1.807) is 23.5 Å². The zero-order valence-electron chi connectivity index (χ0n) is 6.75. The molecule has 0 fully saturated rings. The third-order valence-corrected chi connectivity index (χ3v) is 3.39. The summed E-state index contributed by atoms with van der Waals surface area (Å²) in [6.07, 6.45) is 0. The van der Waals surface area contributed by atoms with Gasteiger partial charge in [-0.2, -0.15) is 0 Å². The molecule has 0 unspecified atom stereocenters. The Balaban J connectivity index is 2.70. The Morgan fingerprint density at radius 1 is 1.38 bits per heavy atom. The van der Waals surface area contributed by atoms with E-state index >= 15 is 0 Å². The molecule has 0 aliphatic rings. The summed E-state index contributed by atoms with van der Waals surface area (Å²) in [6, 6.07) is 5.40. The number of anilines is 1. The fourth-order valence-electron chi connectivity index (χ4n) is 1.21. The van der Waals surface area contributed by atoms with Crippen molar-refractivity contribution in [3.05, 3.63) is 23.1 Å². The molecule has 0 saturated carbocycles. The van der Waals surface area contributed by atoms with E-state index in [1.807, 2.05) is 6.07 Å². The van der Waals surface area contributed by atoms with Crippen LogP contribution in [0.2, 0.25) is 0 Å². The molecule has 0 atom stereocenters. The summed E-state index contributed by atoms with van der Waals surface area (Å²) in [5, 5.41) is 10.3. The summed E-state index contributed by atoms with van der Waals surface area (Å²) in [5.74, 6) is 0.631. The van der Waals surface area contributed by atoms with Crippen molar-refractivity contribution >= 4 is 38.7 Å². The van der Waals surface area contributed by atoms with Crippen LogP contribution in [0.1, 0.15) is 4.88 Å². The zero-order valence-corrected chi connectivity index (χ0v) is 8.32. The van der Waals surface area contributed by atoms with E-state index in [-0.39, 0.29) is 5.75 Å². The molecule has 0 radical (unpaired) electrons. The second kappa shape index (κ2) is 3.09. The number of halogens is 1. The number of hydrogen-bond donors (Lipinski definition) is 2. The number of phenols is 1. The van der Waals surface area contributed by atoms with E-state index in [2.05, 4.69) is 0 Å². The molecule has 1 aromatic carbocycles. The van der Waals surface area contributed by atoms with Crippen LogP contribution in [0, 0.1) is 0 Å². The van der Waals surface area contributed by atoms with Gasteiger partial charge in [-0.25, -0.2) is 0 Å². The first-order valence-electron chi connectivity index (χ1n) is 3.77. The van der Waals surface area contributed by atoms with E-state index in [0.29, 0.717) is 11.6 Å². The van der Waals surface area contributed by atoms with Gasteiger partial charge in [-0.1, -0.05) is 0 Å². The normalized spacial score (nSPS) is 10.8. The van der Waals surface area contributed by atoms with Crippen LogP contribution in [0.5, 0.6) is 5.75 Å². The number of nitrogens with two attached hydrogens (primary N) is 1. The Bertz CT molecular complexity index is 413. The third kappa shape index (κ3) is 1.45. The summed E-state index contributed by atoms with van der Waals surface area (Å²) in [4.78, 5) is 1.08. The van der Waals surface area contributed by atoms with Crippen molar-refractivity contribution in [1.82, 2.24) is 0 Å². The lowest BCUT2D eigenvalue weighted by Gasteiger charge is -1.96. The second-order valence-corrected chi connectivity index (χ2v) is 4.23. The van der Waals surface area contributed by atoms with E-state index in [1.165, 1.54) is 0 Å². The molecule has 2 rings (SSSR count). The van der Waals surface area contributed by atoms with Crippen LogP contribution in [0.15, 0.2) is 18.2 Å². The van der Waals surface area contributed by atoms with Gasteiger partial charge in [0.15, 0.2) is 0 Å². The first-order chi connectivity index (χ1) is 6.20. The summed E-state index contributed by atoms with van der Waals surface area (Å²) in [7, 11) is 0. The number of hydrogen-bond acceptors (Lipinski definition) is 3. The van der Waals surface area contributed by atoms with Crippen molar-refractivity contribution in [2.75, 3.05) is 5.73 Å². The quantitative estimate of drug-likeness (QED) is 0.435. The number of alkyl halides is 1. The molecular weight excluding hydrogens is 206 g/mol. The van der Waals surface area contributed by atoms with E-state index in [9.17, 15) is 5.11 Å². The van der Waals surface area contributed by atoms with Crippen molar-refractivity contribution in [1.29, 1.82) is 0 Å². The Hall–Kier alpha value is -0.930. The highest BCUT2D eigenvalue weighted by atomic mass is 35.5. The predicted octanol–water partition coefficient (Wildman–Crippen LogP) is 2.93. The molecule has 68 valence electrons. The Morgan fingerprint density at radius 2 is 2.15 bits per heavy atom. The Labute approximate surface area is 84.6 Å². The van der Waals surface area contributed by atoms with Gasteiger partial charge in [-0.15, -0.1) is 22.9 Å². The zero-order chi connectivity index (χ0) is 9.42. The molecule has 0 amide bonds. The predicted molar refractivity (Wildman–Crippen MR) is 57.5 cm³/mol. The number of rotatable bonds is 1. The Kier molecular flexibility index (Phi) is 2.06. The van der Waals surface area contributed by atoms with E-state index < -0.39 is 0 Å². The topological polar surface area (TPSA) is 46.2 Å². The van der Waals surface area contributed by atoms with Crippen LogP contribution in [-0.4, -0.2) is 5.11 Å². The van der Waals surface area contributed by atoms with Crippen LogP contribution in [0.25, 0.3) is 10.1 Å². The maximum absolute atomic E-state index is 9.35. The molecule has 2 aromatic rings. The van der Waals surface area contributed by atoms with Crippen molar-refractivity contribution in [3.8, 4) is 5.75 Å². The minimum Gasteiger partial charge on any atom is -0.506 e. The van der Waals surface area contributed by atoms with Crippen molar-refractivity contribution in [3.63, 3.8) is 0 Å². The molecule has 0 bridgehead atoms. The third-order valence-electron chi connectivity index (χ3n) is 1.85. The molecule has 0 aliphatic heterocycles. The standard InChI is InChI=1S/C9H8ClNOS/c10-4-6-1-5-2-8(12)7(11)3-9(5)13-6/h1-3,12H,4,11H2. The van der Waals surface area contributed by atoms with Crippen LogP contribution in [-0.2, 0) is 5.88 Å². The first kappa shape index (κ1) is 8.66. The molecule has 0 aliphatic carbocycles. The lowest BCUT2D eigenvalue weighted by atomic mass is 10.2. The van der Waals surface area contributed by atoms with Gasteiger partial charge in [0.05, 0.1) is 11.6 Å². The van der Waals surface area contributed by atoms with E-state index in [4.69, 9.17) is 17.3 Å². The molecule has 2 nitrogen and oxygen atoms in total. The lowest BCUT2D eigenvalue weighted by Crippen LogP contribution is -1.83. The Morgan fingerprint density at radius 3 is 2.85 bits per heavy atom. The molecule has 0 spiro atoms. The average Bonchev–Trinajstić information content (AvgIpc) is 2.48. The summed E-state index contributed by atoms with van der Waals surface area (Å²) in [5.41, 5.74) is 5.97. The number of nitrogen functional groups attached to an aromatic ring is 1. The molecule has 13 heavy (non-hydrogen) atoms. The van der Waals surface area contributed by atoms with Crippen LogP contribution in [0.4, 0.5) is 5.69 Å². The fourth-order valence-corrected chi connectivity index (χ4v) is 2.40. The minimum atomic E-state index is 0.131. The largest absolute Gasteiger partial charge is 0.506 e. The van der Waals surface area contributed by atoms with Gasteiger partial charge < -0.3 is 10.8 Å². The number of phenolic OH excluding ortho intramolecular Hbond substituents is 1. The van der Waals surface area contributed by atoms with Crippen LogP contribution < -0.4 is 5.73 Å². The minimum absolute atomic E-state index is 0.131. The van der Waals surface area contributed by atoms with Gasteiger partial charge in [-0.3, -0.25) is 0 Å². The number of benzene rings is 1. The molecule has 1 aromatic heterocycles. The fraction of sp³-hybridized carbons (Fsp3) is 0.111. The van der Waals surface area contributed by atoms with Crippen LogP contribution >= 0.6 is 22.9 Å². The highest BCUT2D eigenvalue weighted by Crippen LogP contribution is 2.33. The van der Waals surface area contributed by atoms with Gasteiger partial charge in [-0.05, 0) is 23.6 Å². The van der Waals surface area contributed by atoms with Crippen molar-refractivity contribution in [2.45, 2.75) is 5.88 Å². The molecule has 3 N–H and O–H groups in total. The smallest absolute Gasteiger partial charge is 0.139 e. The highest BCUT2D eigenvalue weighted by Gasteiger charge is 2.04.